The van der Waals surface area contributed by atoms with Crippen molar-refractivity contribution in [2.75, 3.05) is 13.2 Å². The quantitative estimate of drug-likeness (QED) is 0.846. The van der Waals surface area contributed by atoms with Crippen molar-refractivity contribution < 1.29 is 9.47 Å². The molecule has 0 aromatic heterocycles. The zero-order valence-corrected chi connectivity index (χ0v) is 13.0. The zero-order chi connectivity index (χ0) is 16.5. The molecular weight excluding hydrogens is 292 g/mol. The number of nitrogens with zero attached hydrogens (tertiary/aromatic N) is 3. The third-order valence-electron chi connectivity index (χ3n) is 5.35. The van der Waals surface area contributed by atoms with Gasteiger partial charge in [0, 0.05) is 5.92 Å². The van der Waals surface area contributed by atoms with Gasteiger partial charge in [0.05, 0.1) is 25.4 Å². The van der Waals surface area contributed by atoms with Crippen molar-refractivity contribution in [2.24, 2.45) is 21.6 Å². The van der Waals surface area contributed by atoms with Crippen LogP contribution in [0.15, 0.2) is 23.2 Å². The maximum atomic E-state index is 10.0. The second-order valence-electron chi connectivity index (χ2n) is 6.41. The smallest absolute Gasteiger partial charge is 0.293 e. The van der Waals surface area contributed by atoms with Crippen molar-refractivity contribution in [1.82, 2.24) is 0 Å². The van der Waals surface area contributed by atoms with Crippen LogP contribution in [0.1, 0.15) is 22.6 Å². The van der Waals surface area contributed by atoms with Gasteiger partial charge in [0.25, 0.3) is 5.91 Å². The van der Waals surface area contributed by atoms with Crippen molar-refractivity contribution in [2.45, 2.75) is 25.7 Å². The largest absolute Gasteiger partial charge is 0.386 e. The molecule has 116 valence electrons. The summed E-state index contributed by atoms with van der Waals surface area (Å²) in [5.41, 5.74) is 6.71. The normalized spacial score (nSPS) is 36.2. The summed E-state index contributed by atoms with van der Waals surface area (Å²) in [6, 6.07) is 10.6. The first-order chi connectivity index (χ1) is 11.0. The van der Waals surface area contributed by atoms with Crippen LogP contribution in [0.2, 0.25) is 0 Å². The predicted molar refractivity (Wildman–Crippen MR) is 81.0 cm³/mol. The summed E-state index contributed by atoms with van der Waals surface area (Å²) in [6.07, 6.45) is 0. The van der Waals surface area contributed by atoms with Crippen LogP contribution in [0.25, 0.3) is 0 Å². The molecule has 0 radical (unpaired) electrons. The second-order valence-corrected chi connectivity index (χ2v) is 6.41. The highest BCUT2D eigenvalue weighted by atomic mass is 16.8. The highest BCUT2D eigenvalue weighted by Gasteiger charge is 2.94. The van der Waals surface area contributed by atoms with Crippen LogP contribution >= 0.6 is 0 Å². The van der Waals surface area contributed by atoms with Crippen molar-refractivity contribution in [3.63, 3.8) is 0 Å². The second kappa shape index (κ2) is 4.11. The lowest BCUT2D eigenvalue weighted by atomic mass is 9.93. The van der Waals surface area contributed by atoms with E-state index in [9.17, 15) is 10.5 Å². The fraction of sp³-hybridized carbons (Fsp3) is 0.471. The maximum Gasteiger partial charge on any atom is 0.293 e. The maximum absolute atomic E-state index is 10.0. The Balaban J connectivity index is 1.97. The molecule has 2 aliphatic heterocycles. The van der Waals surface area contributed by atoms with Gasteiger partial charge in [-0.15, -0.1) is 0 Å². The van der Waals surface area contributed by atoms with Gasteiger partial charge in [-0.25, -0.2) is 4.99 Å². The van der Waals surface area contributed by atoms with Gasteiger partial charge in [0.1, 0.15) is 11.3 Å². The van der Waals surface area contributed by atoms with Crippen molar-refractivity contribution in [1.29, 1.82) is 10.5 Å². The standard InChI is InChI=1S/C17H16N4O2/c1-10-3-4-11(2)12(7-10)13-15(8-18)14(20)21-17(16(13,15)9-19)22-5-6-23-17/h3-4,7,13H,5-6H2,1-2H3,(H2,20,21). The number of aryl methyl sites for hydroxylation is 2. The summed E-state index contributed by atoms with van der Waals surface area (Å²) < 4.78 is 11.4. The van der Waals surface area contributed by atoms with Crippen LogP contribution in [0.5, 0.6) is 0 Å². The molecule has 1 spiro atoms. The topological polar surface area (TPSA) is 104 Å². The van der Waals surface area contributed by atoms with Crippen LogP contribution in [-0.4, -0.2) is 25.0 Å². The van der Waals surface area contributed by atoms with Crippen LogP contribution < -0.4 is 5.73 Å². The van der Waals surface area contributed by atoms with Gasteiger partial charge < -0.3 is 15.2 Å². The lowest BCUT2D eigenvalue weighted by molar-refractivity contribution is -0.184. The number of nitriles is 2. The average molecular weight is 308 g/mol. The number of hydrogen-bond donors (Lipinski definition) is 1. The molecule has 1 aromatic carbocycles. The van der Waals surface area contributed by atoms with Crippen LogP contribution in [0, 0.1) is 47.3 Å². The van der Waals surface area contributed by atoms with Gasteiger partial charge in [0.15, 0.2) is 5.41 Å². The molecule has 3 unspecified atom stereocenters. The Morgan fingerprint density at radius 2 is 1.91 bits per heavy atom. The van der Waals surface area contributed by atoms with E-state index < -0.39 is 22.7 Å². The molecule has 3 atom stereocenters. The first-order valence-electron chi connectivity index (χ1n) is 7.52. The lowest BCUT2D eigenvalue weighted by Crippen LogP contribution is -2.38. The first kappa shape index (κ1) is 14.2. The fourth-order valence-electron chi connectivity index (χ4n) is 4.26. The number of hydrogen-bond acceptors (Lipinski definition) is 6. The van der Waals surface area contributed by atoms with E-state index in [0.29, 0.717) is 13.2 Å². The molecule has 4 rings (SSSR count). The third-order valence-corrected chi connectivity index (χ3v) is 5.35. The number of fused-ring (bicyclic) bond motifs is 2. The summed E-state index contributed by atoms with van der Waals surface area (Å²) in [6.45, 7) is 4.62. The van der Waals surface area contributed by atoms with Crippen LogP contribution in [-0.2, 0) is 9.47 Å². The summed E-state index contributed by atoms with van der Waals surface area (Å²) >= 11 is 0. The predicted octanol–water partition coefficient (Wildman–Crippen LogP) is 1.49. The highest BCUT2D eigenvalue weighted by Crippen LogP contribution is 2.82. The molecule has 1 aromatic rings. The monoisotopic (exact) mass is 308 g/mol. The number of amidine groups is 1. The molecule has 1 saturated heterocycles. The summed E-state index contributed by atoms with van der Waals surface area (Å²) in [7, 11) is 0. The Labute approximate surface area is 134 Å². The van der Waals surface area contributed by atoms with E-state index in [1.54, 1.807) is 0 Å². The molecule has 2 fully saturated rings. The molecule has 6 nitrogen and oxygen atoms in total. The first-order valence-corrected chi connectivity index (χ1v) is 7.52. The fourth-order valence-corrected chi connectivity index (χ4v) is 4.26. The van der Waals surface area contributed by atoms with E-state index in [0.717, 1.165) is 16.7 Å². The van der Waals surface area contributed by atoms with Crippen LogP contribution in [0.3, 0.4) is 0 Å². The number of rotatable bonds is 1. The molecule has 2 N–H and O–H groups in total. The Hall–Kier alpha value is -2.41. The molecule has 1 aliphatic carbocycles. The van der Waals surface area contributed by atoms with Gasteiger partial charge >= 0.3 is 0 Å². The molecule has 6 heteroatoms. The molecule has 0 bridgehead atoms. The molecule has 2 heterocycles. The van der Waals surface area contributed by atoms with E-state index in [1.165, 1.54) is 0 Å². The highest BCUT2D eigenvalue weighted by molar-refractivity contribution is 6.00. The molecular formula is C17H16N4O2. The van der Waals surface area contributed by atoms with E-state index in [2.05, 4.69) is 17.1 Å². The van der Waals surface area contributed by atoms with Crippen LogP contribution in [0.4, 0.5) is 0 Å². The lowest BCUT2D eigenvalue weighted by Gasteiger charge is -2.26. The van der Waals surface area contributed by atoms with E-state index in [4.69, 9.17) is 15.2 Å². The van der Waals surface area contributed by atoms with E-state index in [-0.39, 0.29) is 5.84 Å². The van der Waals surface area contributed by atoms with Gasteiger partial charge in [-0.05, 0) is 25.0 Å². The summed E-state index contributed by atoms with van der Waals surface area (Å²) in [5.74, 6) is -1.72. The SMILES string of the molecule is Cc1ccc(C)c(C2C3(C#N)C(N)=NC4(OCCO4)C23C#N)c1. The minimum Gasteiger partial charge on any atom is -0.386 e. The van der Waals surface area contributed by atoms with Gasteiger partial charge in [0.2, 0.25) is 0 Å². The summed E-state index contributed by atoms with van der Waals surface area (Å²) in [4.78, 5) is 4.27. The number of aliphatic imine (C=N–C) groups is 1. The Morgan fingerprint density at radius 3 is 2.52 bits per heavy atom. The van der Waals surface area contributed by atoms with E-state index >= 15 is 0 Å². The molecule has 23 heavy (non-hydrogen) atoms. The Bertz CT molecular complexity index is 828. The Kier molecular flexibility index (Phi) is 2.54. The molecule has 1 saturated carbocycles. The molecule has 3 aliphatic rings. The minimum atomic E-state index is -1.46. The van der Waals surface area contributed by atoms with Crippen molar-refractivity contribution in [3.05, 3.63) is 34.9 Å². The summed E-state index contributed by atoms with van der Waals surface area (Å²) in [5, 5.41) is 19.9. The minimum absolute atomic E-state index is 0.134. The van der Waals surface area contributed by atoms with Gasteiger partial charge in [-0.2, -0.15) is 10.5 Å². The number of benzene rings is 1. The van der Waals surface area contributed by atoms with Gasteiger partial charge in [-0.3, -0.25) is 0 Å². The number of nitrogens with two attached hydrogens (primary N) is 1. The van der Waals surface area contributed by atoms with Gasteiger partial charge in [-0.1, -0.05) is 23.8 Å². The molecule has 0 amide bonds. The van der Waals surface area contributed by atoms with Crippen molar-refractivity contribution >= 4 is 5.84 Å². The zero-order valence-electron chi connectivity index (χ0n) is 13.0. The van der Waals surface area contributed by atoms with E-state index in [1.807, 2.05) is 32.0 Å². The number of ether oxygens (including phenoxy) is 2. The van der Waals surface area contributed by atoms with Crippen molar-refractivity contribution in [3.8, 4) is 12.1 Å². The average Bonchev–Trinajstić information content (AvgIpc) is 2.78. The Morgan fingerprint density at radius 1 is 1.22 bits per heavy atom. The third kappa shape index (κ3) is 1.29.